The van der Waals surface area contributed by atoms with E-state index in [9.17, 15) is 14.4 Å². The lowest BCUT2D eigenvalue weighted by Gasteiger charge is -2.36. The highest BCUT2D eigenvalue weighted by molar-refractivity contribution is 6.08. The molecule has 4 rings (SSSR count). The maximum absolute atomic E-state index is 13.5. The Morgan fingerprint density at radius 3 is 2.46 bits per heavy atom. The maximum Gasteiger partial charge on any atom is 0.256 e. The van der Waals surface area contributed by atoms with Gasteiger partial charge in [-0.3, -0.25) is 14.4 Å². The SMILES string of the molecule is COc1cc(C)[nH]c(=O)c1CNC(=O)c1c(C)n(C(C)C2CCN(C(=O)C(C)C)CC2)c2ccccc12. The van der Waals surface area contributed by atoms with Crippen LogP contribution in [0.3, 0.4) is 0 Å². The van der Waals surface area contributed by atoms with Gasteiger partial charge in [-0.05, 0) is 51.7 Å². The van der Waals surface area contributed by atoms with E-state index in [4.69, 9.17) is 4.74 Å². The molecule has 8 nitrogen and oxygen atoms in total. The van der Waals surface area contributed by atoms with Gasteiger partial charge in [-0.25, -0.2) is 0 Å². The molecule has 1 aromatic carbocycles. The van der Waals surface area contributed by atoms with Crippen LogP contribution in [-0.4, -0.2) is 46.5 Å². The highest BCUT2D eigenvalue weighted by atomic mass is 16.5. The Kier molecular flexibility index (Phi) is 7.76. The summed E-state index contributed by atoms with van der Waals surface area (Å²) >= 11 is 0. The first-order chi connectivity index (χ1) is 17.6. The predicted octanol–water partition coefficient (Wildman–Crippen LogP) is 4.34. The molecule has 37 heavy (non-hydrogen) atoms. The predicted molar refractivity (Wildman–Crippen MR) is 145 cm³/mol. The molecular formula is C29H38N4O4. The van der Waals surface area contributed by atoms with Gasteiger partial charge in [0.2, 0.25) is 5.91 Å². The van der Waals surface area contributed by atoms with Crippen molar-refractivity contribution >= 4 is 22.7 Å². The number of nitrogens with zero attached hydrogens (tertiary/aromatic N) is 2. The smallest absolute Gasteiger partial charge is 0.256 e. The topological polar surface area (TPSA) is 96.4 Å². The summed E-state index contributed by atoms with van der Waals surface area (Å²) in [5.74, 6) is 0.866. The molecule has 1 aliphatic rings. The van der Waals surface area contributed by atoms with Gasteiger partial charge in [-0.2, -0.15) is 0 Å². The zero-order valence-electron chi connectivity index (χ0n) is 22.7. The molecule has 0 radical (unpaired) electrons. The number of likely N-dealkylation sites (tertiary alicyclic amines) is 1. The summed E-state index contributed by atoms with van der Waals surface area (Å²) in [6, 6.07) is 9.89. The standard InChI is InChI=1S/C29H38N4O4/c1-17(2)29(36)32-13-11-21(12-14-32)19(4)33-20(5)26(22-9-7-8-10-24(22)33)28(35)30-16-23-25(37-6)15-18(3)31-27(23)34/h7-10,15,17,19,21H,11-14,16H2,1-6H3,(H,30,35)(H,31,34). The summed E-state index contributed by atoms with van der Waals surface area (Å²) in [6.07, 6.45) is 1.87. The number of nitrogens with one attached hydrogen (secondary N) is 2. The molecule has 3 heterocycles. The third kappa shape index (κ3) is 5.15. The molecule has 198 valence electrons. The Morgan fingerprint density at radius 1 is 1.14 bits per heavy atom. The van der Waals surface area contributed by atoms with Crippen molar-refractivity contribution < 1.29 is 14.3 Å². The van der Waals surface area contributed by atoms with Gasteiger partial charge < -0.3 is 24.5 Å². The van der Waals surface area contributed by atoms with Gasteiger partial charge >= 0.3 is 0 Å². The number of aryl methyl sites for hydroxylation is 1. The molecule has 3 aromatic rings. The molecular weight excluding hydrogens is 468 g/mol. The van der Waals surface area contributed by atoms with Gasteiger partial charge in [-0.1, -0.05) is 32.0 Å². The zero-order chi connectivity index (χ0) is 26.9. The average molecular weight is 507 g/mol. The van der Waals surface area contributed by atoms with Crippen LogP contribution in [0.4, 0.5) is 0 Å². The Balaban J connectivity index is 1.59. The Labute approximate surface area is 218 Å². The van der Waals surface area contributed by atoms with Crippen molar-refractivity contribution in [3.63, 3.8) is 0 Å². The van der Waals surface area contributed by atoms with E-state index in [1.54, 1.807) is 13.0 Å². The second kappa shape index (κ2) is 10.8. The Hall–Kier alpha value is -3.55. The lowest BCUT2D eigenvalue weighted by Crippen LogP contribution is -2.42. The number of para-hydroxylation sites is 1. The van der Waals surface area contributed by atoms with Crippen molar-refractivity contribution in [1.29, 1.82) is 0 Å². The third-order valence-electron chi connectivity index (χ3n) is 7.69. The van der Waals surface area contributed by atoms with E-state index in [1.807, 2.05) is 43.9 Å². The number of amides is 2. The minimum atomic E-state index is -0.271. The summed E-state index contributed by atoms with van der Waals surface area (Å²) in [4.78, 5) is 43.2. The average Bonchev–Trinajstić information content (AvgIpc) is 3.18. The van der Waals surface area contributed by atoms with Gasteiger partial charge in [0.1, 0.15) is 5.75 Å². The number of pyridine rings is 1. The maximum atomic E-state index is 13.5. The van der Waals surface area contributed by atoms with Crippen molar-refractivity contribution in [2.24, 2.45) is 11.8 Å². The highest BCUT2D eigenvalue weighted by Gasteiger charge is 2.31. The lowest BCUT2D eigenvalue weighted by molar-refractivity contribution is -0.136. The lowest BCUT2D eigenvalue weighted by atomic mass is 9.89. The first-order valence-corrected chi connectivity index (χ1v) is 13.1. The number of hydrogen-bond donors (Lipinski definition) is 2. The normalized spacial score (nSPS) is 15.3. The van der Waals surface area contributed by atoms with Crippen LogP contribution in [0.25, 0.3) is 10.9 Å². The number of benzene rings is 1. The van der Waals surface area contributed by atoms with Crippen LogP contribution in [0, 0.1) is 25.7 Å². The summed E-state index contributed by atoms with van der Waals surface area (Å²) < 4.78 is 7.65. The number of carbonyl (C=O) groups is 2. The number of carbonyl (C=O) groups excluding carboxylic acids is 2. The first-order valence-electron chi connectivity index (χ1n) is 13.1. The molecule has 0 bridgehead atoms. The van der Waals surface area contributed by atoms with E-state index in [2.05, 4.69) is 27.9 Å². The van der Waals surface area contributed by atoms with Crippen LogP contribution in [0.2, 0.25) is 0 Å². The Bertz CT molecular complexity index is 1360. The largest absolute Gasteiger partial charge is 0.496 e. The first kappa shape index (κ1) is 26.5. The molecule has 2 amide bonds. The molecule has 0 saturated carbocycles. The van der Waals surface area contributed by atoms with Gasteiger partial charge in [0.05, 0.1) is 24.8 Å². The molecule has 0 spiro atoms. The quantitative estimate of drug-likeness (QED) is 0.498. The van der Waals surface area contributed by atoms with Crippen LogP contribution in [0.15, 0.2) is 35.1 Å². The molecule has 2 N–H and O–H groups in total. The number of H-pyrrole nitrogens is 1. The second-order valence-electron chi connectivity index (χ2n) is 10.4. The molecule has 1 atom stereocenters. The van der Waals surface area contributed by atoms with Crippen molar-refractivity contribution in [2.45, 2.75) is 60.0 Å². The summed E-state index contributed by atoms with van der Waals surface area (Å²) in [6.45, 7) is 11.5. The van der Waals surface area contributed by atoms with Crippen molar-refractivity contribution in [3.8, 4) is 5.75 Å². The number of hydrogen-bond acceptors (Lipinski definition) is 4. The van der Waals surface area contributed by atoms with E-state index in [0.29, 0.717) is 28.5 Å². The van der Waals surface area contributed by atoms with E-state index in [0.717, 1.165) is 42.5 Å². The number of piperidine rings is 1. The minimum Gasteiger partial charge on any atom is -0.496 e. The number of fused-ring (bicyclic) bond motifs is 1. The number of rotatable bonds is 7. The van der Waals surface area contributed by atoms with Crippen molar-refractivity contribution in [1.82, 2.24) is 19.8 Å². The van der Waals surface area contributed by atoms with Gasteiger partial charge in [0.15, 0.2) is 0 Å². The molecule has 1 unspecified atom stereocenters. The number of ether oxygens (including phenoxy) is 1. The van der Waals surface area contributed by atoms with Crippen LogP contribution >= 0.6 is 0 Å². The van der Waals surface area contributed by atoms with Gasteiger partial charge in [0.25, 0.3) is 11.5 Å². The molecule has 2 aromatic heterocycles. The van der Waals surface area contributed by atoms with E-state index in [1.165, 1.54) is 7.11 Å². The summed E-state index contributed by atoms with van der Waals surface area (Å²) in [5, 5.41) is 3.84. The third-order valence-corrected chi connectivity index (χ3v) is 7.69. The molecule has 1 fully saturated rings. The monoisotopic (exact) mass is 506 g/mol. The van der Waals surface area contributed by atoms with Gasteiger partial charge in [-0.15, -0.1) is 0 Å². The molecule has 8 heteroatoms. The fourth-order valence-corrected chi connectivity index (χ4v) is 5.67. The molecule has 0 aliphatic carbocycles. The molecule has 1 aliphatic heterocycles. The van der Waals surface area contributed by atoms with E-state index >= 15 is 0 Å². The molecule has 1 saturated heterocycles. The van der Waals surface area contributed by atoms with E-state index in [-0.39, 0.29) is 35.9 Å². The van der Waals surface area contributed by atoms with Crippen LogP contribution in [0.1, 0.15) is 67.0 Å². The minimum absolute atomic E-state index is 0.0149. The van der Waals surface area contributed by atoms with Crippen LogP contribution in [0.5, 0.6) is 5.75 Å². The number of methoxy groups -OCH3 is 1. The van der Waals surface area contributed by atoms with Crippen LogP contribution in [-0.2, 0) is 11.3 Å². The van der Waals surface area contributed by atoms with Crippen molar-refractivity contribution in [3.05, 3.63) is 63.2 Å². The summed E-state index contributed by atoms with van der Waals surface area (Å²) in [5.41, 5.74) is 3.36. The summed E-state index contributed by atoms with van der Waals surface area (Å²) in [7, 11) is 1.52. The van der Waals surface area contributed by atoms with Crippen molar-refractivity contribution in [2.75, 3.05) is 20.2 Å². The fraction of sp³-hybridized carbons (Fsp3) is 0.483. The highest BCUT2D eigenvalue weighted by Crippen LogP contribution is 2.36. The second-order valence-corrected chi connectivity index (χ2v) is 10.4. The Morgan fingerprint density at radius 2 is 1.81 bits per heavy atom. The fourth-order valence-electron chi connectivity index (χ4n) is 5.67. The zero-order valence-corrected chi connectivity index (χ0v) is 22.7. The van der Waals surface area contributed by atoms with Crippen LogP contribution < -0.4 is 15.6 Å². The van der Waals surface area contributed by atoms with E-state index < -0.39 is 0 Å². The number of aromatic amines is 1. The van der Waals surface area contributed by atoms with Gasteiger partial charge in [0, 0.05) is 47.3 Å². The number of aromatic nitrogens is 2.